The first-order chi connectivity index (χ1) is 7.13. The van der Waals surface area contributed by atoms with Crippen LogP contribution in [0.15, 0.2) is 28.7 Å². The normalized spacial score (nSPS) is 14.3. The maximum atomic E-state index is 9.84. The Hall–Kier alpha value is -0.820. The third kappa shape index (κ3) is 4.05. The highest BCUT2D eigenvalue weighted by Gasteiger charge is 2.08. The summed E-state index contributed by atoms with van der Waals surface area (Å²) in [5.74, 6) is 2.55. The summed E-state index contributed by atoms with van der Waals surface area (Å²) in [4.78, 5) is 0. The van der Waals surface area contributed by atoms with E-state index in [1.807, 2.05) is 31.2 Å². The third-order valence-electron chi connectivity index (χ3n) is 2.10. The molecule has 0 saturated carbocycles. The van der Waals surface area contributed by atoms with E-state index in [9.17, 15) is 5.11 Å². The summed E-state index contributed by atoms with van der Waals surface area (Å²) in [6.45, 7) is 2.34. The number of hydrogen-bond donors (Lipinski definition) is 2. The monoisotopic (exact) mass is 267 g/mol. The predicted molar refractivity (Wildman–Crippen MR) is 65.4 cm³/mol. The Labute approximate surface area is 98.8 Å². The first-order valence-electron chi connectivity index (χ1n) is 4.76. The molecule has 3 heteroatoms. The summed E-state index contributed by atoms with van der Waals surface area (Å²) in [7, 11) is 0. The van der Waals surface area contributed by atoms with Crippen molar-refractivity contribution in [1.82, 2.24) is 5.32 Å². The molecule has 0 aliphatic rings. The number of rotatable bonds is 4. The van der Waals surface area contributed by atoms with Crippen molar-refractivity contribution in [2.75, 3.05) is 6.54 Å². The van der Waals surface area contributed by atoms with Crippen LogP contribution in [0.25, 0.3) is 0 Å². The summed E-state index contributed by atoms with van der Waals surface area (Å²) < 4.78 is 0.962. The summed E-state index contributed by atoms with van der Waals surface area (Å²) in [5.41, 5.74) is 0.876. The van der Waals surface area contributed by atoms with Crippen LogP contribution < -0.4 is 5.32 Å². The van der Waals surface area contributed by atoms with Crippen LogP contribution in [0.5, 0.6) is 0 Å². The zero-order chi connectivity index (χ0) is 11.3. The van der Waals surface area contributed by atoms with E-state index in [4.69, 9.17) is 6.42 Å². The molecule has 2 nitrogen and oxygen atoms in total. The second-order valence-corrected chi connectivity index (χ2v) is 4.28. The highest BCUT2D eigenvalue weighted by atomic mass is 79.9. The lowest BCUT2D eigenvalue weighted by Crippen LogP contribution is -2.29. The number of terminal acetylenes is 1. The van der Waals surface area contributed by atoms with Crippen LogP contribution in [0, 0.1) is 12.3 Å². The van der Waals surface area contributed by atoms with Crippen molar-refractivity contribution in [2.24, 2.45) is 0 Å². The molecule has 1 aromatic rings. The van der Waals surface area contributed by atoms with Crippen LogP contribution in [0.2, 0.25) is 0 Å². The quantitative estimate of drug-likeness (QED) is 0.819. The average Bonchev–Trinajstić information content (AvgIpc) is 2.25. The van der Waals surface area contributed by atoms with Crippen LogP contribution >= 0.6 is 15.9 Å². The molecule has 0 fully saturated rings. The van der Waals surface area contributed by atoms with E-state index in [1.165, 1.54) is 0 Å². The topological polar surface area (TPSA) is 32.3 Å². The smallest absolute Gasteiger partial charge is 0.0915 e. The maximum Gasteiger partial charge on any atom is 0.0915 e. The largest absolute Gasteiger partial charge is 0.387 e. The number of aliphatic hydroxyl groups excluding tert-OH is 1. The molecule has 0 aromatic heterocycles. The van der Waals surface area contributed by atoms with Gasteiger partial charge in [0.25, 0.3) is 0 Å². The van der Waals surface area contributed by atoms with Crippen LogP contribution in [0.1, 0.15) is 18.6 Å². The summed E-state index contributed by atoms with van der Waals surface area (Å²) in [6.07, 6.45) is 4.69. The van der Waals surface area contributed by atoms with E-state index in [0.29, 0.717) is 6.54 Å². The van der Waals surface area contributed by atoms with Gasteiger partial charge in [-0.2, -0.15) is 0 Å². The van der Waals surface area contributed by atoms with Gasteiger partial charge >= 0.3 is 0 Å². The van der Waals surface area contributed by atoms with Gasteiger partial charge in [0.1, 0.15) is 0 Å². The molecule has 0 radical (unpaired) electrons. The van der Waals surface area contributed by atoms with Crippen molar-refractivity contribution in [3.63, 3.8) is 0 Å². The molecule has 0 aliphatic carbocycles. The fourth-order valence-corrected chi connectivity index (χ4v) is 1.60. The summed E-state index contributed by atoms with van der Waals surface area (Å²) >= 11 is 3.36. The standard InChI is InChI=1S/C12H14BrNO/c1-3-9(2)14-8-12(15)10-5-4-6-11(13)7-10/h1,4-7,9,12,14-15H,8H2,2H3. The van der Waals surface area contributed by atoms with E-state index in [1.54, 1.807) is 0 Å². The van der Waals surface area contributed by atoms with E-state index in [2.05, 4.69) is 27.2 Å². The van der Waals surface area contributed by atoms with Gasteiger partial charge in [-0.05, 0) is 24.6 Å². The van der Waals surface area contributed by atoms with Gasteiger partial charge in [0, 0.05) is 11.0 Å². The highest BCUT2D eigenvalue weighted by molar-refractivity contribution is 9.10. The molecule has 15 heavy (non-hydrogen) atoms. The minimum atomic E-state index is -0.529. The molecule has 0 spiro atoms. The van der Waals surface area contributed by atoms with Crippen molar-refractivity contribution in [2.45, 2.75) is 19.1 Å². The SMILES string of the molecule is C#CC(C)NCC(O)c1cccc(Br)c1. The first-order valence-corrected chi connectivity index (χ1v) is 5.56. The molecule has 0 saturated heterocycles. The van der Waals surface area contributed by atoms with Gasteiger partial charge < -0.3 is 10.4 Å². The van der Waals surface area contributed by atoms with Gasteiger partial charge in [0.15, 0.2) is 0 Å². The number of halogens is 1. The molecule has 0 bridgehead atoms. The molecule has 2 unspecified atom stereocenters. The van der Waals surface area contributed by atoms with Gasteiger partial charge in [0.2, 0.25) is 0 Å². The van der Waals surface area contributed by atoms with E-state index >= 15 is 0 Å². The van der Waals surface area contributed by atoms with Gasteiger partial charge in [-0.25, -0.2) is 0 Å². The van der Waals surface area contributed by atoms with Crippen LogP contribution in [0.3, 0.4) is 0 Å². The van der Waals surface area contributed by atoms with E-state index in [-0.39, 0.29) is 6.04 Å². The van der Waals surface area contributed by atoms with Gasteiger partial charge in [-0.1, -0.05) is 34.0 Å². The maximum absolute atomic E-state index is 9.84. The Balaban J connectivity index is 2.54. The lowest BCUT2D eigenvalue weighted by atomic mass is 10.1. The van der Waals surface area contributed by atoms with Crippen LogP contribution in [-0.4, -0.2) is 17.7 Å². The Morgan fingerprint density at radius 1 is 1.60 bits per heavy atom. The molecule has 0 aliphatic heterocycles. The zero-order valence-electron chi connectivity index (χ0n) is 8.57. The number of aliphatic hydroxyl groups is 1. The Bertz CT molecular complexity index is 359. The number of benzene rings is 1. The Morgan fingerprint density at radius 3 is 2.93 bits per heavy atom. The molecular weight excluding hydrogens is 254 g/mol. The average molecular weight is 268 g/mol. The highest BCUT2D eigenvalue weighted by Crippen LogP contribution is 2.17. The van der Waals surface area contributed by atoms with Gasteiger partial charge in [0.05, 0.1) is 12.1 Å². The zero-order valence-corrected chi connectivity index (χ0v) is 10.2. The second-order valence-electron chi connectivity index (χ2n) is 3.37. The van der Waals surface area contributed by atoms with Crippen molar-refractivity contribution in [3.05, 3.63) is 34.3 Å². The molecule has 1 aromatic carbocycles. The summed E-state index contributed by atoms with van der Waals surface area (Å²) in [5, 5.41) is 12.9. The Kier molecular flexibility index (Phi) is 4.83. The van der Waals surface area contributed by atoms with Crippen molar-refractivity contribution >= 4 is 15.9 Å². The Morgan fingerprint density at radius 2 is 2.33 bits per heavy atom. The fraction of sp³-hybridized carbons (Fsp3) is 0.333. The molecule has 80 valence electrons. The predicted octanol–water partition coefficient (Wildman–Crippen LogP) is 2.09. The third-order valence-corrected chi connectivity index (χ3v) is 2.59. The van der Waals surface area contributed by atoms with E-state index in [0.717, 1.165) is 10.0 Å². The lowest BCUT2D eigenvalue weighted by molar-refractivity contribution is 0.173. The van der Waals surface area contributed by atoms with Crippen LogP contribution in [-0.2, 0) is 0 Å². The number of nitrogens with one attached hydrogen (secondary N) is 1. The summed E-state index contributed by atoms with van der Waals surface area (Å²) in [6, 6.07) is 7.58. The van der Waals surface area contributed by atoms with Crippen molar-refractivity contribution in [3.8, 4) is 12.3 Å². The van der Waals surface area contributed by atoms with Crippen molar-refractivity contribution < 1.29 is 5.11 Å². The molecule has 2 N–H and O–H groups in total. The minimum absolute atomic E-state index is 0.0215. The van der Waals surface area contributed by atoms with Gasteiger partial charge in [-0.15, -0.1) is 6.42 Å². The molecule has 2 atom stereocenters. The molecule has 0 heterocycles. The molecular formula is C12H14BrNO. The van der Waals surface area contributed by atoms with E-state index < -0.39 is 6.10 Å². The second kappa shape index (κ2) is 5.92. The fourth-order valence-electron chi connectivity index (χ4n) is 1.18. The molecule has 0 amide bonds. The van der Waals surface area contributed by atoms with Crippen LogP contribution in [0.4, 0.5) is 0 Å². The first kappa shape index (κ1) is 12.3. The number of hydrogen-bond acceptors (Lipinski definition) is 2. The molecule has 1 rings (SSSR count). The van der Waals surface area contributed by atoms with Gasteiger partial charge in [-0.3, -0.25) is 0 Å². The lowest BCUT2D eigenvalue weighted by Gasteiger charge is -2.14. The van der Waals surface area contributed by atoms with Crippen molar-refractivity contribution in [1.29, 1.82) is 0 Å². The minimum Gasteiger partial charge on any atom is -0.387 e.